The van der Waals surface area contributed by atoms with Gasteiger partial charge in [0.15, 0.2) is 0 Å². The first kappa shape index (κ1) is 15.2. The molecule has 0 N–H and O–H groups in total. The summed E-state index contributed by atoms with van der Waals surface area (Å²) in [4.78, 5) is 12.0. The van der Waals surface area contributed by atoms with Crippen LogP contribution in [0.4, 0.5) is 0 Å². The minimum atomic E-state index is 0.213. The fraction of sp³-hybridized carbons (Fsp3) is 0.533. The number of halogens is 2. The number of rotatable bonds is 5. The lowest BCUT2D eigenvalue weighted by atomic mass is 10.0. The van der Waals surface area contributed by atoms with Crippen molar-refractivity contribution in [3.63, 3.8) is 0 Å². The molecule has 0 radical (unpaired) electrons. The summed E-state index contributed by atoms with van der Waals surface area (Å²) in [5.41, 5.74) is 0.764. The molecule has 1 fully saturated rings. The number of benzene rings is 1. The average molecular weight is 317 g/mol. The average Bonchev–Trinajstić information content (AvgIpc) is 2.42. The molecule has 1 aliphatic rings. The second-order valence-corrected chi connectivity index (χ2v) is 7.09. The van der Waals surface area contributed by atoms with Gasteiger partial charge in [0, 0.05) is 21.7 Å². The van der Waals surface area contributed by atoms with Crippen LogP contribution in [0.2, 0.25) is 10.0 Å². The van der Waals surface area contributed by atoms with E-state index in [1.54, 1.807) is 30.0 Å². The highest BCUT2D eigenvalue weighted by Crippen LogP contribution is 2.29. The van der Waals surface area contributed by atoms with Crippen LogP contribution in [0.5, 0.6) is 0 Å². The molecular weight excluding hydrogens is 299 g/mol. The number of carbonyl (C=O) groups is 1. The summed E-state index contributed by atoms with van der Waals surface area (Å²) in [6.07, 6.45) is 6.82. The number of hydrogen-bond acceptors (Lipinski definition) is 2. The Hall–Kier alpha value is -0.180. The Kier molecular flexibility index (Phi) is 6.06. The largest absolute Gasteiger partial charge is 0.298 e. The topological polar surface area (TPSA) is 17.1 Å². The van der Waals surface area contributed by atoms with Crippen LogP contribution in [0, 0.1) is 0 Å². The lowest BCUT2D eigenvalue weighted by molar-refractivity contribution is -0.116. The van der Waals surface area contributed by atoms with Gasteiger partial charge in [-0.25, -0.2) is 0 Å². The molecule has 104 valence electrons. The van der Waals surface area contributed by atoms with Gasteiger partial charge in [0.1, 0.15) is 5.78 Å². The van der Waals surface area contributed by atoms with E-state index in [2.05, 4.69) is 0 Å². The molecule has 0 spiro atoms. The van der Waals surface area contributed by atoms with Gasteiger partial charge in [-0.3, -0.25) is 4.79 Å². The summed E-state index contributed by atoms with van der Waals surface area (Å²) in [5.74, 6) is 0.789. The Morgan fingerprint density at radius 2 is 1.79 bits per heavy atom. The molecule has 0 heterocycles. The van der Waals surface area contributed by atoms with Gasteiger partial charge >= 0.3 is 0 Å². The predicted octanol–water partition coefficient (Wildman–Crippen LogP) is 5.17. The zero-order valence-corrected chi connectivity index (χ0v) is 13.2. The molecule has 1 aromatic carbocycles. The number of Topliss-reactive ketones (excluding diaryl/α,β-unsaturated/α-hetero) is 1. The molecule has 0 amide bonds. The minimum absolute atomic E-state index is 0.213. The zero-order valence-electron chi connectivity index (χ0n) is 10.8. The molecule has 2 rings (SSSR count). The van der Waals surface area contributed by atoms with E-state index >= 15 is 0 Å². The summed E-state index contributed by atoms with van der Waals surface area (Å²) in [7, 11) is 0. The van der Waals surface area contributed by atoms with Gasteiger partial charge in [-0.1, -0.05) is 48.5 Å². The SMILES string of the molecule is O=C(CSC1CCCCC1)Cc1c(Cl)cccc1Cl. The van der Waals surface area contributed by atoms with Gasteiger partial charge in [0.2, 0.25) is 0 Å². The van der Waals surface area contributed by atoms with Gasteiger partial charge in [0.05, 0.1) is 5.75 Å². The number of hydrogen-bond donors (Lipinski definition) is 0. The van der Waals surface area contributed by atoms with E-state index in [1.807, 2.05) is 0 Å². The van der Waals surface area contributed by atoms with E-state index in [1.165, 1.54) is 32.1 Å². The van der Waals surface area contributed by atoms with E-state index in [0.29, 0.717) is 27.5 Å². The van der Waals surface area contributed by atoms with Gasteiger partial charge < -0.3 is 0 Å². The van der Waals surface area contributed by atoms with Gasteiger partial charge in [-0.15, -0.1) is 0 Å². The Morgan fingerprint density at radius 1 is 1.16 bits per heavy atom. The fourth-order valence-electron chi connectivity index (χ4n) is 2.39. The van der Waals surface area contributed by atoms with Gasteiger partial charge in [0.25, 0.3) is 0 Å². The van der Waals surface area contributed by atoms with Crippen molar-refractivity contribution in [2.24, 2.45) is 0 Å². The summed E-state index contributed by atoms with van der Waals surface area (Å²) in [6.45, 7) is 0. The maximum absolute atomic E-state index is 12.0. The summed E-state index contributed by atoms with van der Waals surface area (Å²) < 4.78 is 0. The second-order valence-electron chi connectivity index (χ2n) is 4.99. The second kappa shape index (κ2) is 7.56. The van der Waals surface area contributed by atoms with Crippen LogP contribution >= 0.6 is 35.0 Å². The van der Waals surface area contributed by atoms with Crippen molar-refractivity contribution in [2.45, 2.75) is 43.8 Å². The summed E-state index contributed by atoms with van der Waals surface area (Å²) >= 11 is 14.0. The lowest BCUT2D eigenvalue weighted by Gasteiger charge is -2.20. The van der Waals surface area contributed by atoms with Crippen LogP contribution in [0.15, 0.2) is 18.2 Å². The van der Waals surface area contributed by atoms with Crippen molar-refractivity contribution in [3.05, 3.63) is 33.8 Å². The fourth-order valence-corrected chi connectivity index (χ4v) is 4.11. The maximum Gasteiger partial charge on any atom is 0.147 e. The third kappa shape index (κ3) is 4.70. The molecule has 19 heavy (non-hydrogen) atoms. The van der Waals surface area contributed by atoms with E-state index in [0.717, 1.165) is 5.56 Å². The normalized spacial score (nSPS) is 16.5. The van der Waals surface area contributed by atoms with Crippen LogP contribution in [0.1, 0.15) is 37.7 Å². The molecule has 0 unspecified atom stereocenters. The Labute approximate surface area is 129 Å². The van der Waals surface area contributed by atoms with Crippen LogP contribution in [-0.4, -0.2) is 16.8 Å². The Balaban J connectivity index is 1.83. The number of carbonyl (C=O) groups excluding carboxylic acids is 1. The van der Waals surface area contributed by atoms with Gasteiger partial charge in [-0.2, -0.15) is 11.8 Å². The number of ketones is 1. The molecule has 0 saturated heterocycles. The third-order valence-electron chi connectivity index (χ3n) is 3.47. The zero-order chi connectivity index (χ0) is 13.7. The highest BCUT2D eigenvalue weighted by Gasteiger charge is 2.16. The quantitative estimate of drug-likeness (QED) is 0.745. The minimum Gasteiger partial charge on any atom is -0.298 e. The highest BCUT2D eigenvalue weighted by atomic mass is 35.5. The van der Waals surface area contributed by atoms with Crippen molar-refractivity contribution in [1.82, 2.24) is 0 Å². The molecule has 1 saturated carbocycles. The highest BCUT2D eigenvalue weighted by molar-refractivity contribution is 8.00. The Bertz CT molecular complexity index is 422. The van der Waals surface area contributed by atoms with Crippen LogP contribution < -0.4 is 0 Å². The molecule has 1 nitrogen and oxygen atoms in total. The summed E-state index contributed by atoms with van der Waals surface area (Å²) in [5, 5.41) is 1.84. The first-order valence-electron chi connectivity index (χ1n) is 6.73. The standard InChI is InChI=1S/C15H18Cl2OS/c16-14-7-4-8-15(17)13(14)9-11(18)10-19-12-5-2-1-3-6-12/h4,7-8,12H,1-3,5-6,9-10H2. The lowest BCUT2D eigenvalue weighted by Crippen LogP contribution is -2.13. The van der Waals surface area contributed by atoms with Crippen LogP contribution in [0.3, 0.4) is 0 Å². The van der Waals surface area contributed by atoms with E-state index in [4.69, 9.17) is 23.2 Å². The Morgan fingerprint density at radius 3 is 2.42 bits per heavy atom. The van der Waals surface area contributed by atoms with E-state index in [-0.39, 0.29) is 5.78 Å². The molecule has 0 aromatic heterocycles. The molecule has 0 aliphatic heterocycles. The van der Waals surface area contributed by atoms with Crippen molar-refractivity contribution in [1.29, 1.82) is 0 Å². The molecule has 0 atom stereocenters. The molecule has 4 heteroatoms. The molecule has 0 bridgehead atoms. The van der Waals surface area contributed by atoms with Crippen LogP contribution in [0.25, 0.3) is 0 Å². The first-order chi connectivity index (χ1) is 9.16. The monoisotopic (exact) mass is 316 g/mol. The van der Waals surface area contributed by atoms with E-state index < -0.39 is 0 Å². The molecular formula is C15H18Cl2OS. The third-order valence-corrected chi connectivity index (χ3v) is 5.61. The maximum atomic E-state index is 12.0. The van der Waals surface area contributed by atoms with Crippen molar-refractivity contribution in [3.8, 4) is 0 Å². The molecule has 1 aliphatic carbocycles. The first-order valence-corrected chi connectivity index (χ1v) is 8.53. The van der Waals surface area contributed by atoms with Crippen molar-refractivity contribution < 1.29 is 4.79 Å². The molecule has 1 aromatic rings. The summed E-state index contributed by atoms with van der Waals surface area (Å²) in [6, 6.07) is 5.37. The predicted molar refractivity (Wildman–Crippen MR) is 84.5 cm³/mol. The number of thioether (sulfide) groups is 1. The van der Waals surface area contributed by atoms with Gasteiger partial charge in [-0.05, 0) is 30.5 Å². The van der Waals surface area contributed by atoms with Crippen molar-refractivity contribution >= 4 is 40.7 Å². The van der Waals surface area contributed by atoms with Crippen molar-refractivity contribution in [2.75, 3.05) is 5.75 Å². The van der Waals surface area contributed by atoms with Crippen LogP contribution in [-0.2, 0) is 11.2 Å². The smallest absolute Gasteiger partial charge is 0.147 e. The van der Waals surface area contributed by atoms with E-state index in [9.17, 15) is 4.79 Å².